The molecule has 6 nitrogen and oxygen atoms in total. The minimum absolute atomic E-state index is 0.0815. The Hall–Kier alpha value is -2.44. The largest absolute Gasteiger partial charge is 0.497 e. The Morgan fingerprint density at radius 1 is 1.07 bits per heavy atom. The van der Waals surface area contributed by atoms with Gasteiger partial charge in [-0.2, -0.15) is 0 Å². The molecule has 1 aliphatic rings. The fourth-order valence-electron chi connectivity index (χ4n) is 3.23. The molecular weight excluding hydrogens is 378 g/mol. The molecule has 0 saturated carbocycles. The van der Waals surface area contributed by atoms with E-state index in [4.69, 9.17) is 21.1 Å². The number of anilines is 2. The fourth-order valence-corrected chi connectivity index (χ4v) is 3.53. The maximum absolute atomic E-state index is 12.4. The number of halogens is 1. The number of piperazine rings is 1. The molecule has 0 spiro atoms. The molecular formula is C21H26ClN3O3. The SMILES string of the molecule is CCN1CCN(c2c(Cl)cccc2NC(=O)COc2ccc(OC)cc2)CC1. The van der Waals surface area contributed by atoms with Gasteiger partial charge in [0.1, 0.15) is 11.5 Å². The lowest BCUT2D eigenvalue weighted by Gasteiger charge is -2.36. The number of rotatable bonds is 7. The van der Waals surface area contributed by atoms with E-state index in [0.717, 1.165) is 44.2 Å². The number of amides is 1. The normalized spacial score (nSPS) is 14.6. The van der Waals surface area contributed by atoms with Crippen LogP contribution in [0.25, 0.3) is 0 Å². The lowest BCUT2D eigenvalue weighted by Crippen LogP contribution is -2.46. The van der Waals surface area contributed by atoms with E-state index in [1.165, 1.54) is 0 Å². The van der Waals surface area contributed by atoms with E-state index in [0.29, 0.717) is 16.5 Å². The number of hydrogen-bond donors (Lipinski definition) is 1. The molecule has 28 heavy (non-hydrogen) atoms. The van der Waals surface area contributed by atoms with Crippen LogP contribution in [0, 0.1) is 0 Å². The molecule has 7 heteroatoms. The van der Waals surface area contributed by atoms with Crippen molar-refractivity contribution in [2.75, 3.05) is 56.7 Å². The van der Waals surface area contributed by atoms with E-state index in [9.17, 15) is 4.79 Å². The molecule has 1 aliphatic heterocycles. The molecule has 1 heterocycles. The molecule has 0 unspecified atom stereocenters. The summed E-state index contributed by atoms with van der Waals surface area (Å²) >= 11 is 6.47. The van der Waals surface area contributed by atoms with E-state index in [1.807, 2.05) is 18.2 Å². The second-order valence-corrected chi connectivity index (χ2v) is 6.98. The smallest absolute Gasteiger partial charge is 0.262 e. The van der Waals surface area contributed by atoms with Crippen LogP contribution in [0.15, 0.2) is 42.5 Å². The molecule has 0 aromatic heterocycles. The number of ether oxygens (including phenoxy) is 2. The number of benzene rings is 2. The van der Waals surface area contributed by atoms with Crippen LogP contribution in [0.5, 0.6) is 11.5 Å². The monoisotopic (exact) mass is 403 g/mol. The molecule has 150 valence electrons. The van der Waals surface area contributed by atoms with Crippen LogP contribution in [0.3, 0.4) is 0 Å². The lowest BCUT2D eigenvalue weighted by molar-refractivity contribution is -0.118. The zero-order valence-corrected chi connectivity index (χ0v) is 17.0. The molecule has 2 aromatic rings. The summed E-state index contributed by atoms with van der Waals surface area (Å²) in [7, 11) is 1.61. The lowest BCUT2D eigenvalue weighted by atomic mass is 10.2. The first-order chi connectivity index (χ1) is 13.6. The molecule has 3 rings (SSSR count). The van der Waals surface area contributed by atoms with Gasteiger partial charge in [0.05, 0.1) is 23.5 Å². The fraction of sp³-hybridized carbons (Fsp3) is 0.381. The highest BCUT2D eigenvalue weighted by atomic mass is 35.5. The van der Waals surface area contributed by atoms with Crippen molar-refractivity contribution >= 4 is 28.9 Å². The number of para-hydroxylation sites is 1. The van der Waals surface area contributed by atoms with Gasteiger partial charge in [-0.05, 0) is 42.9 Å². The number of methoxy groups -OCH3 is 1. The molecule has 2 aromatic carbocycles. The van der Waals surface area contributed by atoms with Gasteiger partial charge in [0.2, 0.25) is 0 Å². The molecule has 0 aliphatic carbocycles. The summed E-state index contributed by atoms with van der Waals surface area (Å²) in [6.45, 7) is 6.85. The summed E-state index contributed by atoms with van der Waals surface area (Å²) in [5.41, 5.74) is 1.58. The average molecular weight is 404 g/mol. The zero-order chi connectivity index (χ0) is 19.9. The molecule has 1 fully saturated rings. The van der Waals surface area contributed by atoms with E-state index >= 15 is 0 Å². The van der Waals surface area contributed by atoms with Crippen LogP contribution in [0.1, 0.15) is 6.92 Å². The first-order valence-electron chi connectivity index (χ1n) is 9.43. The summed E-state index contributed by atoms with van der Waals surface area (Å²) in [6.07, 6.45) is 0. The Morgan fingerprint density at radius 3 is 2.39 bits per heavy atom. The van der Waals surface area contributed by atoms with Crippen molar-refractivity contribution in [2.45, 2.75) is 6.92 Å². The van der Waals surface area contributed by atoms with Crippen molar-refractivity contribution in [2.24, 2.45) is 0 Å². The summed E-state index contributed by atoms with van der Waals surface area (Å²) in [5.74, 6) is 1.12. The van der Waals surface area contributed by atoms with Gasteiger partial charge in [0.25, 0.3) is 5.91 Å². The predicted octanol–water partition coefficient (Wildman–Crippen LogP) is 3.51. The molecule has 0 radical (unpaired) electrons. The number of likely N-dealkylation sites (N-methyl/N-ethyl adjacent to an activating group) is 1. The number of nitrogens with one attached hydrogen (secondary N) is 1. The first kappa shape index (κ1) is 20.3. The van der Waals surface area contributed by atoms with Gasteiger partial charge in [-0.15, -0.1) is 0 Å². The summed E-state index contributed by atoms with van der Waals surface area (Å²) < 4.78 is 10.7. The van der Waals surface area contributed by atoms with Crippen LogP contribution in [-0.4, -0.2) is 57.2 Å². The third-order valence-corrected chi connectivity index (χ3v) is 5.13. The van der Waals surface area contributed by atoms with E-state index < -0.39 is 0 Å². The highest BCUT2D eigenvalue weighted by Crippen LogP contribution is 2.34. The maximum atomic E-state index is 12.4. The van der Waals surface area contributed by atoms with Crippen LogP contribution < -0.4 is 19.7 Å². The van der Waals surface area contributed by atoms with Crippen LogP contribution in [0.4, 0.5) is 11.4 Å². The van der Waals surface area contributed by atoms with Gasteiger partial charge in [0, 0.05) is 26.2 Å². The third kappa shape index (κ3) is 5.09. The van der Waals surface area contributed by atoms with Gasteiger partial charge in [-0.1, -0.05) is 24.6 Å². The number of carbonyl (C=O) groups excluding carboxylic acids is 1. The van der Waals surface area contributed by atoms with Crippen molar-refractivity contribution in [3.8, 4) is 11.5 Å². The number of hydrogen-bond acceptors (Lipinski definition) is 5. The van der Waals surface area contributed by atoms with Crippen LogP contribution in [0.2, 0.25) is 5.02 Å². The topological polar surface area (TPSA) is 54.0 Å². The van der Waals surface area contributed by atoms with E-state index in [-0.39, 0.29) is 12.5 Å². The predicted molar refractivity (Wildman–Crippen MR) is 113 cm³/mol. The minimum atomic E-state index is -0.230. The van der Waals surface area contributed by atoms with Crippen molar-refractivity contribution in [1.29, 1.82) is 0 Å². The Labute approximate surface area is 171 Å². The molecule has 1 amide bonds. The first-order valence-corrected chi connectivity index (χ1v) is 9.81. The standard InChI is InChI=1S/C21H26ClN3O3/c1-3-24-11-13-25(14-12-24)21-18(22)5-4-6-19(21)23-20(26)15-28-17-9-7-16(27-2)8-10-17/h4-10H,3,11-15H2,1-2H3,(H,23,26). The van der Waals surface area contributed by atoms with E-state index in [1.54, 1.807) is 31.4 Å². The van der Waals surface area contributed by atoms with Gasteiger partial charge in [-0.3, -0.25) is 4.79 Å². The van der Waals surface area contributed by atoms with Crippen molar-refractivity contribution in [1.82, 2.24) is 4.90 Å². The highest BCUT2D eigenvalue weighted by Gasteiger charge is 2.21. The quantitative estimate of drug-likeness (QED) is 0.766. The van der Waals surface area contributed by atoms with Crippen molar-refractivity contribution in [3.05, 3.63) is 47.5 Å². The van der Waals surface area contributed by atoms with Gasteiger partial charge in [0.15, 0.2) is 6.61 Å². The molecule has 1 N–H and O–H groups in total. The molecule has 0 atom stereocenters. The van der Waals surface area contributed by atoms with Gasteiger partial charge < -0.3 is 24.6 Å². The number of carbonyl (C=O) groups is 1. The summed E-state index contributed by atoms with van der Waals surface area (Å²) in [4.78, 5) is 17.1. The summed E-state index contributed by atoms with van der Waals surface area (Å²) in [5, 5.41) is 3.58. The van der Waals surface area contributed by atoms with Crippen molar-refractivity contribution in [3.63, 3.8) is 0 Å². The maximum Gasteiger partial charge on any atom is 0.262 e. The Morgan fingerprint density at radius 2 is 1.75 bits per heavy atom. The second kappa shape index (κ2) is 9.66. The van der Waals surface area contributed by atoms with Crippen molar-refractivity contribution < 1.29 is 14.3 Å². The average Bonchev–Trinajstić information content (AvgIpc) is 2.73. The van der Waals surface area contributed by atoms with Crippen LogP contribution >= 0.6 is 11.6 Å². The minimum Gasteiger partial charge on any atom is -0.497 e. The third-order valence-electron chi connectivity index (χ3n) is 4.83. The van der Waals surface area contributed by atoms with E-state index in [2.05, 4.69) is 22.0 Å². The second-order valence-electron chi connectivity index (χ2n) is 6.57. The Kier molecular flexibility index (Phi) is 7.01. The molecule has 1 saturated heterocycles. The Balaban J connectivity index is 1.63. The summed E-state index contributed by atoms with van der Waals surface area (Å²) in [6, 6.07) is 12.7. The zero-order valence-electron chi connectivity index (χ0n) is 16.3. The van der Waals surface area contributed by atoms with Crippen LogP contribution in [-0.2, 0) is 4.79 Å². The highest BCUT2D eigenvalue weighted by molar-refractivity contribution is 6.34. The van der Waals surface area contributed by atoms with Gasteiger partial charge in [-0.25, -0.2) is 0 Å². The van der Waals surface area contributed by atoms with Gasteiger partial charge >= 0.3 is 0 Å². The Bertz CT molecular complexity index is 790. The molecule has 0 bridgehead atoms. The number of nitrogens with zero attached hydrogens (tertiary/aromatic N) is 2.